The number of benzene rings is 1. The van der Waals surface area contributed by atoms with Crippen LogP contribution < -0.4 is 0 Å². The van der Waals surface area contributed by atoms with Gasteiger partial charge in [0.2, 0.25) is 5.91 Å². The molecular formula is C15H23NO2S. The molecule has 0 saturated heterocycles. The highest BCUT2D eigenvalue weighted by atomic mass is 32.2. The van der Waals surface area contributed by atoms with E-state index in [4.69, 9.17) is 0 Å². The van der Waals surface area contributed by atoms with E-state index >= 15 is 0 Å². The quantitative estimate of drug-likeness (QED) is 0.871. The third kappa shape index (κ3) is 5.66. The van der Waals surface area contributed by atoms with Crippen molar-refractivity contribution in [3.05, 3.63) is 35.4 Å². The lowest BCUT2D eigenvalue weighted by Gasteiger charge is -2.19. The molecule has 0 radical (unpaired) electrons. The summed E-state index contributed by atoms with van der Waals surface area (Å²) in [6, 6.07) is 8.20. The van der Waals surface area contributed by atoms with Gasteiger partial charge in [-0.15, -0.1) is 11.8 Å². The number of hydrogen-bond donors (Lipinski definition) is 1. The smallest absolute Gasteiger partial charge is 0.232 e. The van der Waals surface area contributed by atoms with Crippen LogP contribution >= 0.6 is 11.8 Å². The molecule has 0 bridgehead atoms. The first kappa shape index (κ1) is 16.1. The van der Waals surface area contributed by atoms with Crippen molar-refractivity contribution in [1.82, 2.24) is 4.90 Å². The van der Waals surface area contributed by atoms with E-state index in [-0.39, 0.29) is 17.3 Å². The van der Waals surface area contributed by atoms with Gasteiger partial charge in [0.15, 0.2) is 0 Å². The maximum atomic E-state index is 12.0. The Morgan fingerprint density at radius 3 is 2.42 bits per heavy atom. The molecule has 0 fully saturated rings. The van der Waals surface area contributed by atoms with Gasteiger partial charge in [-0.1, -0.05) is 36.8 Å². The summed E-state index contributed by atoms with van der Waals surface area (Å²) in [5, 5.41) is 9.47. The van der Waals surface area contributed by atoms with Crippen molar-refractivity contribution in [2.75, 3.05) is 12.8 Å². The standard InChI is InChI=1S/C15H23NO2S/c1-11-5-7-14(8-6-11)9-16(4)15(18)10-19-13(3)12(2)17/h5-8,12-13,17H,9-10H2,1-4H3. The summed E-state index contributed by atoms with van der Waals surface area (Å²) >= 11 is 1.49. The molecule has 2 atom stereocenters. The summed E-state index contributed by atoms with van der Waals surface area (Å²) in [6.07, 6.45) is -0.389. The molecule has 0 aliphatic carbocycles. The topological polar surface area (TPSA) is 40.5 Å². The first-order chi connectivity index (χ1) is 8.90. The highest BCUT2D eigenvalue weighted by Crippen LogP contribution is 2.15. The predicted molar refractivity (Wildman–Crippen MR) is 81.3 cm³/mol. The van der Waals surface area contributed by atoms with Crippen LogP contribution in [0.4, 0.5) is 0 Å². The molecule has 19 heavy (non-hydrogen) atoms. The number of amides is 1. The largest absolute Gasteiger partial charge is 0.392 e. The second kappa shape index (κ2) is 7.56. The van der Waals surface area contributed by atoms with Gasteiger partial charge in [0.05, 0.1) is 11.9 Å². The van der Waals surface area contributed by atoms with Crippen LogP contribution in [-0.4, -0.2) is 40.1 Å². The molecule has 1 aromatic rings. The van der Waals surface area contributed by atoms with E-state index in [1.165, 1.54) is 17.3 Å². The van der Waals surface area contributed by atoms with Gasteiger partial charge in [-0.25, -0.2) is 0 Å². The molecule has 4 heteroatoms. The fraction of sp³-hybridized carbons (Fsp3) is 0.533. The van der Waals surface area contributed by atoms with Crippen molar-refractivity contribution < 1.29 is 9.90 Å². The van der Waals surface area contributed by atoms with Crippen molar-refractivity contribution in [2.45, 2.75) is 38.7 Å². The Balaban J connectivity index is 2.42. The monoisotopic (exact) mass is 281 g/mol. The maximum Gasteiger partial charge on any atom is 0.232 e. The van der Waals surface area contributed by atoms with Gasteiger partial charge in [0.1, 0.15) is 0 Å². The van der Waals surface area contributed by atoms with Crippen LogP contribution in [0.2, 0.25) is 0 Å². The van der Waals surface area contributed by atoms with Crippen LogP contribution in [0, 0.1) is 6.92 Å². The lowest BCUT2D eigenvalue weighted by molar-refractivity contribution is -0.127. The first-order valence-electron chi connectivity index (χ1n) is 6.49. The van der Waals surface area contributed by atoms with E-state index in [0.717, 1.165) is 5.56 Å². The van der Waals surface area contributed by atoms with E-state index < -0.39 is 0 Å². The first-order valence-corrected chi connectivity index (χ1v) is 7.54. The van der Waals surface area contributed by atoms with Crippen molar-refractivity contribution in [3.63, 3.8) is 0 Å². The average molecular weight is 281 g/mol. The summed E-state index contributed by atoms with van der Waals surface area (Å²) in [4.78, 5) is 13.7. The van der Waals surface area contributed by atoms with Crippen LogP contribution in [0.5, 0.6) is 0 Å². The van der Waals surface area contributed by atoms with Crippen LogP contribution in [0.1, 0.15) is 25.0 Å². The van der Waals surface area contributed by atoms with E-state index in [1.807, 2.05) is 33.0 Å². The molecule has 1 amide bonds. The van der Waals surface area contributed by atoms with E-state index in [9.17, 15) is 9.90 Å². The summed E-state index contributed by atoms with van der Waals surface area (Å²) in [7, 11) is 1.82. The molecule has 0 spiro atoms. The number of rotatable bonds is 6. The van der Waals surface area contributed by atoms with Gasteiger partial charge in [-0.2, -0.15) is 0 Å². The normalized spacial score (nSPS) is 13.9. The summed E-state index contributed by atoms with van der Waals surface area (Å²) in [5.41, 5.74) is 2.36. The number of carbonyl (C=O) groups is 1. The lowest BCUT2D eigenvalue weighted by Crippen LogP contribution is -2.29. The van der Waals surface area contributed by atoms with Gasteiger partial charge < -0.3 is 10.0 Å². The van der Waals surface area contributed by atoms with Gasteiger partial charge >= 0.3 is 0 Å². The van der Waals surface area contributed by atoms with E-state index in [1.54, 1.807) is 11.8 Å². The highest BCUT2D eigenvalue weighted by molar-refractivity contribution is 8.00. The van der Waals surface area contributed by atoms with Crippen LogP contribution in [0.3, 0.4) is 0 Å². The van der Waals surface area contributed by atoms with Gasteiger partial charge in [-0.05, 0) is 19.4 Å². The number of carbonyl (C=O) groups excluding carboxylic acids is 1. The molecule has 3 nitrogen and oxygen atoms in total. The molecule has 106 valence electrons. The van der Waals surface area contributed by atoms with Crippen molar-refractivity contribution in [2.24, 2.45) is 0 Å². The molecule has 0 aliphatic heterocycles. The summed E-state index contributed by atoms with van der Waals surface area (Å²) in [5.74, 6) is 0.507. The predicted octanol–water partition coefficient (Wildman–Crippen LogP) is 2.46. The molecular weight excluding hydrogens is 258 g/mol. The van der Waals surface area contributed by atoms with E-state index in [0.29, 0.717) is 12.3 Å². The number of aryl methyl sites for hydroxylation is 1. The minimum absolute atomic E-state index is 0.0803. The Bertz CT molecular complexity index is 403. The number of hydrogen-bond acceptors (Lipinski definition) is 3. The Morgan fingerprint density at radius 1 is 1.32 bits per heavy atom. The summed E-state index contributed by atoms with van der Waals surface area (Å²) in [6.45, 7) is 6.36. The number of thioether (sulfide) groups is 1. The summed E-state index contributed by atoms with van der Waals surface area (Å²) < 4.78 is 0. The zero-order valence-electron chi connectivity index (χ0n) is 12.1. The fourth-order valence-corrected chi connectivity index (χ4v) is 2.41. The second-order valence-corrected chi connectivity index (χ2v) is 6.36. The zero-order valence-corrected chi connectivity index (χ0v) is 12.9. The molecule has 0 aliphatic rings. The molecule has 1 N–H and O–H groups in total. The third-order valence-corrected chi connectivity index (χ3v) is 4.45. The molecule has 1 rings (SSSR count). The number of aliphatic hydroxyl groups excluding tert-OH is 1. The zero-order chi connectivity index (χ0) is 14.4. The van der Waals surface area contributed by atoms with Crippen molar-refractivity contribution in [1.29, 1.82) is 0 Å². The lowest BCUT2D eigenvalue weighted by atomic mass is 10.1. The Hall–Kier alpha value is -1.00. The maximum absolute atomic E-state index is 12.0. The molecule has 0 aromatic heterocycles. The fourth-order valence-electron chi connectivity index (χ4n) is 1.51. The SMILES string of the molecule is Cc1ccc(CN(C)C(=O)CSC(C)C(C)O)cc1. The van der Waals surface area contributed by atoms with Gasteiger partial charge in [0, 0.05) is 18.8 Å². The second-order valence-electron chi connectivity index (χ2n) is 4.99. The third-order valence-electron chi connectivity index (χ3n) is 3.12. The Morgan fingerprint density at radius 2 is 1.89 bits per heavy atom. The molecule has 0 heterocycles. The molecule has 2 unspecified atom stereocenters. The van der Waals surface area contributed by atoms with Crippen LogP contribution in [0.25, 0.3) is 0 Å². The number of nitrogens with zero attached hydrogens (tertiary/aromatic N) is 1. The van der Waals surface area contributed by atoms with E-state index in [2.05, 4.69) is 12.1 Å². The minimum atomic E-state index is -0.389. The van der Waals surface area contributed by atoms with Crippen molar-refractivity contribution in [3.8, 4) is 0 Å². The Kier molecular flexibility index (Phi) is 6.38. The molecule has 0 saturated carbocycles. The van der Waals surface area contributed by atoms with Crippen LogP contribution in [0.15, 0.2) is 24.3 Å². The molecule has 1 aromatic carbocycles. The average Bonchev–Trinajstić information content (AvgIpc) is 2.37. The van der Waals surface area contributed by atoms with Gasteiger partial charge in [0.25, 0.3) is 0 Å². The minimum Gasteiger partial charge on any atom is -0.392 e. The van der Waals surface area contributed by atoms with Gasteiger partial charge in [-0.3, -0.25) is 4.79 Å². The highest BCUT2D eigenvalue weighted by Gasteiger charge is 2.14. The van der Waals surface area contributed by atoms with Crippen molar-refractivity contribution >= 4 is 17.7 Å². The van der Waals surface area contributed by atoms with Crippen LogP contribution in [-0.2, 0) is 11.3 Å². The Labute approximate surface area is 120 Å². The number of aliphatic hydroxyl groups is 1.